The van der Waals surface area contributed by atoms with Crippen LogP contribution in [-0.4, -0.2) is 16.0 Å². The Morgan fingerprint density at radius 1 is 1.25 bits per heavy atom. The molecule has 4 nitrogen and oxygen atoms in total. The van der Waals surface area contributed by atoms with Crippen molar-refractivity contribution in [1.82, 2.24) is 0 Å². The van der Waals surface area contributed by atoms with E-state index in [1.807, 2.05) is 39.0 Å². The molecule has 0 saturated heterocycles. The van der Waals surface area contributed by atoms with Crippen LogP contribution in [0.15, 0.2) is 49.1 Å². The highest BCUT2D eigenvalue weighted by Gasteiger charge is 2.19. The summed E-state index contributed by atoms with van der Waals surface area (Å²) in [5.41, 5.74) is 0.271. The number of ether oxygens (including phenoxy) is 1. The van der Waals surface area contributed by atoms with Crippen LogP contribution in [0.25, 0.3) is 6.08 Å². The molecule has 108 valence electrons. The van der Waals surface area contributed by atoms with Crippen LogP contribution in [0.2, 0.25) is 0 Å². The van der Waals surface area contributed by atoms with Crippen LogP contribution in [0, 0.1) is 0 Å². The average Bonchev–Trinajstić information content (AvgIpc) is 2.41. The van der Waals surface area contributed by atoms with Crippen LogP contribution in [-0.2, 0) is 0 Å². The van der Waals surface area contributed by atoms with E-state index >= 15 is 0 Å². The molecular weight excluding hydrogens is 254 g/mol. The number of allylic oxidation sites excluding steroid dienone is 2. The standard InChI is InChI=1S/C16H21NO3/c1-5-8-13-9-10-14(12-15(13)17(18)19)20-16(4,7-3)11-6-2/h5-12,18-19H,3H2,1-2,4H3. The second-order valence-electron chi connectivity index (χ2n) is 4.50. The van der Waals surface area contributed by atoms with Gasteiger partial charge in [-0.3, -0.25) is 10.4 Å². The first kappa shape index (κ1) is 16.0. The Morgan fingerprint density at radius 2 is 1.95 bits per heavy atom. The summed E-state index contributed by atoms with van der Waals surface area (Å²) in [7, 11) is 0. The molecule has 0 spiro atoms. The summed E-state index contributed by atoms with van der Waals surface area (Å²) in [5.74, 6) is 0.516. The summed E-state index contributed by atoms with van der Waals surface area (Å²) in [6, 6.07) is 5.08. The molecule has 1 atom stereocenters. The molecule has 0 saturated carbocycles. The van der Waals surface area contributed by atoms with E-state index in [1.54, 1.807) is 30.4 Å². The summed E-state index contributed by atoms with van der Waals surface area (Å²) in [4.78, 5) is 0. The highest BCUT2D eigenvalue weighted by atomic mass is 16.8. The third-order valence-electron chi connectivity index (χ3n) is 2.80. The van der Waals surface area contributed by atoms with Crippen LogP contribution < -0.4 is 9.96 Å². The van der Waals surface area contributed by atoms with Gasteiger partial charge in [0.1, 0.15) is 17.0 Å². The van der Waals surface area contributed by atoms with Gasteiger partial charge in [0, 0.05) is 11.6 Å². The second-order valence-corrected chi connectivity index (χ2v) is 4.50. The number of anilines is 1. The minimum atomic E-state index is -0.649. The van der Waals surface area contributed by atoms with Crippen LogP contribution >= 0.6 is 0 Å². The molecule has 2 N–H and O–H groups in total. The fourth-order valence-corrected chi connectivity index (χ4v) is 1.81. The Labute approximate surface area is 119 Å². The van der Waals surface area contributed by atoms with Crippen molar-refractivity contribution in [2.24, 2.45) is 0 Å². The predicted octanol–water partition coefficient (Wildman–Crippen LogP) is 4.20. The van der Waals surface area contributed by atoms with Gasteiger partial charge >= 0.3 is 0 Å². The summed E-state index contributed by atoms with van der Waals surface area (Å²) in [5, 5.41) is 18.6. The Hall–Kier alpha value is -2.04. The molecule has 4 heteroatoms. The zero-order valence-corrected chi connectivity index (χ0v) is 12.1. The van der Waals surface area contributed by atoms with Gasteiger partial charge in [0.2, 0.25) is 0 Å². The van der Waals surface area contributed by atoms with Crippen LogP contribution in [0.5, 0.6) is 5.75 Å². The van der Waals surface area contributed by atoms with Crippen molar-refractivity contribution >= 4 is 11.8 Å². The topological polar surface area (TPSA) is 52.9 Å². The van der Waals surface area contributed by atoms with Crippen molar-refractivity contribution in [1.29, 1.82) is 0 Å². The van der Waals surface area contributed by atoms with Crippen molar-refractivity contribution < 1.29 is 15.2 Å². The second kappa shape index (κ2) is 6.93. The molecule has 1 rings (SSSR count). The van der Waals surface area contributed by atoms with E-state index in [-0.39, 0.29) is 10.9 Å². The number of nitrogens with zero attached hydrogens (tertiary/aromatic N) is 1. The van der Waals surface area contributed by atoms with E-state index in [4.69, 9.17) is 4.74 Å². The van der Waals surface area contributed by atoms with Crippen molar-refractivity contribution in [3.63, 3.8) is 0 Å². The molecule has 0 aliphatic heterocycles. The highest BCUT2D eigenvalue weighted by Crippen LogP contribution is 2.29. The summed E-state index contributed by atoms with van der Waals surface area (Å²) in [6.45, 7) is 9.38. The molecule has 0 heterocycles. The van der Waals surface area contributed by atoms with E-state index < -0.39 is 5.60 Å². The van der Waals surface area contributed by atoms with Crippen LogP contribution in [0.4, 0.5) is 5.69 Å². The maximum atomic E-state index is 9.28. The van der Waals surface area contributed by atoms with Gasteiger partial charge in [-0.2, -0.15) is 0 Å². The van der Waals surface area contributed by atoms with Crippen LogP contribution in [0.1, 0.15) is 26.3 Å². The van der Waals surface area contributed by atoms with Crippen molar-refractivity contribution in [3.05, 3.63) is 54.6 Å². The van der Waals surface area contributed by atoms with Gasteiger partial charge < -0.3 is 4.74 Å². The summed E-state index contributed by atoms with van der Waals surface area (Å²) >= 11 is 0. The smallest absolute Gasteiger partial charge is 0.142 e. The van der Waals surface area contributed by atoms with Gasteiger partial charge in [-0.15, -0.1) is 5.23 Å². The quantitative estimate of drug-likeness (QED) is 0.603. The Kier molecular flexibility index (Phi) is 5.55. The molecule has 0 fully saturated rings. The van der Waals surface area contributed by atoms with E-state index in [9.17, 15) is 10.4 Å². The molecule has 0 aliphatic rings. The molecule has 0 amide bonds. The lowest BCUT2D eigenvalue weighted by Gasteiger charge is -2.24. The van der Waals surface area contributed by atoms with Gasteiger partial charge in [-0.25, -0.2) is 0 Å². The molecule has 20 heavy (non-hydrogen) atoms. The first-order chi connectivity index (χ1) is 9.45. The van der Waals surface area contributed by atoms with Crippen LogP contribution in [0.3, 0.4) is 0 Å². The third-order valence-corrected chi connectivity index (χ3v) is 2.80. The first-order valence-corrected chi connectivity index (χ1v) is 6.37. The lowest BCUT2D eigenvalue weighted by Crippen LogP contribution is -2.26. The van der Waals surface area contributed by atoms with E-state index in [1.165, 1.54) is 0 Å². The average molecular weight is 275 g/mol. The van der Waals surface area contributed by atoms with Crippen molar-refractivity contribution in [3.8, 4) is 5.75 Å². The fraction of sp³-hybridized carbons (Fsp3) is 0.250. The normalized spacial score (nSPS) is 14.4. The van der Waals surface area contributed by atoms with Crippen molar-refractivity contribution in [2.75, 3.05) is 5.23 Å². The number of rotatable bonds is 6. The molecular formula is C16H21NO3. The largest absolute Gasteiger partial charge is 0.479 e. The zero-order chi connectivity index (χ0) is 15.2. The maximum absolute atomic E-state index is 9.28. The zero-order valence-electron chi connectivity index (χ0n) is 12.1. The predicted molar refractivity (Wildman–Crippen MR) is 81.2 cm³/mol. The van der Waals surface area contributed by atoms with Gasteiger partial charge in [0.25, 0.3) is 0 Å². The van der Waals surface area contributed by atoms with E-state index in [0.717, 1.165) is 0 Å². The maximum Gasteiger partial charge on any atom is 0.142 e. The lowest BCUT2D eigenvalue weighted by atomic mass is 10.1. The summed E-state index contributed by atoms with van der Waals surface area (Å²) < 4.78 is 5.84. The number of benzene rings is 1. The number of hydrogen-bond acceptors (Lipinski definition) is 4. The third kappa shape index (κ3) is 3.98. The Morgan fingerprint density at radius 3 is 2.45 bits per heavy atom. The summed E-state index contributed by atoms with van der Waals surface area (Å²) in [6.07, 6.45) is 9.02. The van der Waals surface area contributed by atoms with Crippen molar-refractivity contribution in [2.45, 2.75) is 26.4 Å². The van der Waals surface area contributed by atoms with E-state index in [2.05, 4.69) is 6.58 Å². The minimum Gasteiger partial charge on any atom is -0.479 e. The molecule has 0 aliphatic carbocycles. The number of hydrogen-bond donors (Lipinski definition) is 2. The first-order valence-electron chi connectivity index (χ1n) is 6.37. The fourth-order valence-electron chi connectivity index (χ4n) is 1.81. The van der Waals surface area contributed by atoms with Gasteiger partial charge in [-0.1, -0.05) is 24.8 Å². The van der Waals surface area contributed by atoms with Gasteiger partial charge in [0.05, 0.1) is 0 Å². The molecule has 1 aromatic rings. The molecule has 0 bridgehead atoms. The highest BCUT2D eigenvalue weighted by molar-refractivity contribution is 5.67. The lowest BCUT2D eigenvalue weighted by molar-refractivity contribution is 0.0288. The molecule has 0 aromatic heterocycles. The minimum absolute atomic E-state index is 0.0864. The van der Waals surface area contributed by atoms with Gasteiger partial charge in [-0.05, 0) is 45.1 Å². The Bertz CT molecular complexity index is 520. The van der Waals surface area contributed by atoms with E-state index in [0.29, 0.717) is 11.3 Å². The van der Waals surface area contributed by atoms with Gasteiger partial charge in [0.15, 0.2) is 0 Å². The molecule has 1 aromatic carbocycles. The SMILES string of the molecule is C=CC(C)(C=CC)Oc1ccc(C=CC)c(N(O)O)c1. The molecule has 0 radical (unpaired) electrons. The monoisotopic (exact) mass is 275 g/mol. The molecule has 1 unspecified atom stereocenters. The Balaban J connectivity index is 3.15.